The van der Waals surface area contributed by atoms with Crippen molar-refractivity contribution in [3.8, 4) is 11.1 Å². The van der Waals surface area contributed by atoms with Gasteiger partial charge in [-0.1, -0.05) is 23.7 Å². The van der Waals surface area contributed by atoms with Gasteiger partial charge in [0.05, 0.1) is 17.5 Å². The normalized spacial score (nSPS) is 21.8. The minimum Gasteiger partial charge on any atom is -0.385 e. The molecule has 0 aliphatic carbocycles. The standard InChI is InChI=1S/C23H29ClN4O2/c24-21-14-27-22(28-23(29)18-6-2-8-25-13-18)11-20(21)17-5-1-7-19(10-17)26-12-16-4-3-9-30-15-16/h1,5,7,10-11,14,16,18,25-26H,2-4,6,8-9,12-13,15H2,(H,27,28,29)/t16-,18?/m1/s1. The summed E-state index contributed by atoms with van der Waals surface area (Å²) < 4.78 is 5.57. The van der Waals surface area contributed by atoms with E-state index in [1.54, 1.807) is 6.20 Å². The molecule has 3 N–H and O–H groups in total. The average molecular weight is 429 g/mol. The molecule has 0 spiro atoms. The summed E-state index contributed by atoms with van der Waals surface area (Å²) in [6.07, 6.45) is 5.85. The summed E-state index contributed by atoms with van der Waals surface area (Å²) in [5.41, 5.74) is 2.89. The molecule has 30 heavy (non-hydrogen) atoms. The molecule has 2 aliphatic heterocycles. The lowest BCUT2D eigenvalue weighted by Gasteiger charge is -2.23. The highest BCUT2D eigenvalue weighted by atomic mass is 35.5. The van der Waals surface area contributed by atoms with Crippen molar-refractivity contribution in [2.24, 2.45) is 11.8 Å². The fraction of sp³-hybridized carbons (Fsp3) is 0.478. The Labute approximate surface area is 182 Å². The van der Waals surface area contributed by atoms with Gasteiger partial charge in [0.15, 0.2) is 0 Å². The maximum absolute atomic E-state index is 12.5. The van der Waals surface area contributed by atoms with Crippen molar-refractivity contribution in [3.05, 3.63) is 41.6 Å². The molecular formula is C23H29ClN4O2. The van der Waals surface area contributed by atoms with E-state index < -0.39 is 0 Å². The SMILES string of the molecule is O=C(Nc1cc(-c2cccc(NC[C@H]3CCCOC3)c2)c(Cl)cn1)C1CCCNC1. The summed E-state index contributed by atoms with van der Waals surface area (Å²) in [5.74, 6) is 1.06. The fourth-order valence-corrected chi connectivity index (χ4v) is 4.27. The van der Waals surface area contributed by atoms with Gasteiger partial charge in [-0.05, 0) is 61.9 Å². The molecule has 1 unspecified atom stereocenters. The highest BCUT2D eigenvalue weighted by molar-refractivity contribution is 6.33. The van der Waals surface area contributed by atoms with Crippen LogP contribution in [0.1, 0.15) is 25.7 Å². The first-order chi connectivity index (χ1) is 14.7. The van der Waals surface area contributed by atoms with E-state index in [1.807, 2.05) is 18.2 Å². The van der Waals surface area contributed by atoms with E-state index in [9.17, 15) is 4.79 Å². The number of carbonyl (C=O) groups excluding carboxylic acids is 1. The Morgan fingerprint density at radius 1 is 1.27 bits per heavy atom. The van der Waals surface area contributed by atoms with Gasteiger partial charge < -0.3 is 20.7 Å². The Kier molecular flexibility index (Phi) is 7.20. The van der Waals surface area contributed by atoms with Crippen LogP contribution < -0.4 is 16.0 Å². The zero-order valence-corrected chi connectivity index (χ0v) is 17.9. The van der Waals surface area contributed by atoms with Crippen LogP contribution in [0.3, 0.4) is 0 Å². The minimum absolute atomic E-state index is 0.00749. The number of nitrogens with zero attached hydrogens (tertiary/aromatic N) is 1. The van der Waals surface area contributed by atoms with Crippen LogP contribution in [0, 0.1) is 11.8 Å². The van der Waals surface area contributed by atoms with Crippen LogP contribution in [0.15, 0.2) is 36.5 Å². The number of halogens is 1. The van der Waals surface area contributed by atoms with Crippen molar-refractivity contribution in [2.75, 3.05) is 43.5 Å². The number of piperidine rings is 1. The van der Waals surface area contributed by atoms with E-state index in [0.717, 1.165) is 62.4 Å². The lowest BCUT2D eigenvalue weighted by Crippen LogP contribution is -2.37. The van der Waals surface area contributed by atoms with Gasteiger partial charge >= 0.3 is 0 Å². The highest BCUT2D eigenvalue weighted by Gasteiger charge is 2.21. The number of amides is 1. The molecule has 2 aromatic rings. The van der Waals surface area contributed by atoms with Crippen molar-refractivity contribution < 1.29 is 9.53 Å². The Morgan fingerprint density at radius 3 is 3.00 bits per heavy atom. The smallest absolute Gasteiger partial charge is 0.229 e. The molecule has 2 aliphatic rings. The first-order valence-corrected chi connectivity index (χ1v) is 11.2. The molecule has 1 amide bonds. The summed E-state index contributed by atoms with van der Waals surface area (Å²) in [6, 6.07) is 10.0. The molecule has 0 bridgehead atoms. The Bertz CT molecular complexity index is 864. The summed E-state index contributed by atoms with van der Waals surface area (Å²) in [7, 11) is 0. The average Bonchev–Trinajstić information content (AvgIpc) is 2.80. The van der Waals surface area contributed by atoms with Crippen molar-refractivity contribution in [3.63, 3.8) is 0 Å². The number of hydrogen-bond donors (Lipinski definition) is 3. The van der Waals surface area contributed by atoms with Crippen molar-refractivity contribution >= 4 is 29.0 Å². The number of ether oxygens (including phenoxy) is 1. The van der Waals surface area contributed by atoms with Crippen LogP contribution in [0.2, 0.25) is 5.02 Å². The zero-order valence-electron chi connectivity index (χ0n) is 17.1. The molecule has 2 atom stereocenters. The highest BCUT2D eigenvalue weighted by Crippen LogP contribution is 2.31. The van der Waals surface area contributed by atoms with E-state index in [4.69, 9.17) is 16.3 Å². The van der Waals surface area contributed by atoms with E-state index in [1.165, 1.54) is 6.42 Å². The predicted octanol–water partition coefficient (Wildman–Crippen LogP) is 4.18. The van der Waals surface area contributed by atoms with Crippen LogP contribution in [-0.2, 0) is 9.53 Å². The number of rotatable bonds is 6. The first kappa shape index (κ1) is 21.1. The van der Waals surface area contributed by atoms with Gasteiger partial charge in [-0.25, -0.2) is 4.98 Å². The minimum atomic E-state index is -0.0176. The molecule has 1 aromatic carbocycles. The van der Waals surface area contributed by atoms with Crippen molar-refractivity contribution in [1.82, 2.24) is 10.3 Å². The number of nitrogens with one attached hydrogen (secondary N) is 3. The molecule has 0 saturated carbocycles. The number of anilines is 2. The Morgan fingerprint density at radius 2 is 2.20 bits per heavy atom. The second-order valence-electron chi connectivity index (χ2n) is 8.13. The maximum atomic E-state index is 12.5. The topological polar surface area (TPSA) is 75.3 Å². The van der Waals surface area contributed by atoms with E-state index in [0.29, 0.717) is 23.3 Å². The summed E-state index contributed by atoms with van der Waals surface area (Å²) in [4.78, 5) is 16.9. The van der Waals surface area contributed by atoms with Crippen LogP contribution in [0.4, 0.5) is 11.5 Å². The van der Waals surface area contributed by atoms with Crippen LogP contribution >= 0.6 is 11.6 Å². The molecule has 2 fully saturated rings. The quantitative estimate of drug-likeness (QED) is 0.643. The van der Waals surface area contributed by atoms with Crippen molar-refractivity contribution in [2.45, 2.75) is 25.7 Å². The zero-order chi connectivity index (χ0) is 20.8. The van der Waals surface area contributed by atoms with E-state index in [2.05, 4.69) is 33.1 Å². The van der Waals surface area contributed by atoms with Gasteiger partial charge in [0.25, 0.3) is 0 Å². The number of pyridine rings is 1. The van der Waals surface area contributed by atoms with Crippen molar-refractivity contribution in [1.29, 1.82) is 0 Å². The first-order valence-electron chi connectivity index (χ1n) is 10.8. The monoisotopic (exact) mass is 428 g/mol. The fourth-order valence-electron chi connectivity index (χ4n) is 4.06. The van der Waals surface area contributed by atoms with E-state index >= 15 is 0 Å². The maximum Gasteiger partial charge on any atom is 0.229 e. The third-order valence-corrected chi connectivity index (χ3v) is 6.10. The predicted molar refractivity (Wildman–Crippen MR) is 121 cm³/mol. The number of aromatic nitrogens is 1. The van der Waals surface area contributed by atoms with Gasteiger partial charge in [0, 0.05) is 37.1 Å². The lowest BCUT2D eigenvalue weighted by molar-refractivity contribution is -0.120. The summed E-state index contributed by atoms with van der Waals surface area (Å²) in [6.45, 7) is 4.28. The number of benzene rings is 1. The molecule has 0 radical (unpaired) electrons. The van der Waals surface area contributed by atoms with Crippen LogP contribution in [0.5, 0.6) is 0 Å². The molecule has 6 nitrogen and oxygen atoms in total. The molecule has 7 heteroatoms. The van der Waals surface area contributed by atoms with Gasteiger partial charge in [0.1, 0.15) is 5.82 Å². The third-order valence-electron chi connectivity index (χ3n) is 5.80. The van der Waals surface area contributed by atoms with Crippen LogP contribution in [-0.4, -0.2) is 43.7 Å². The molecule has 1 aromatic heterocycles. The van der Waals surface area contributed by atoms with Gasteiger partial charge in [-0.3, -0.25) is 4.79 Å². The molecule has 3 heterocycles. The molecular weight excluding hydrogens is 400 g/mol. The van der Waals surface area contributed by atoms with Gasteiger partial charge in [-0.15, -0.1) is 0 Å². The lowest BCUT2D eigenvalue weighted by atomic mass is 9.99. The molecule has 160 valence electrons. The Balaban J connectivity index is 1.45. The van der Waals surface area contributed by atoms with Gasteiger partial charge in [-0.2, -0.15) is 0 Å². The van der Waals surface area contributed by atoms with Gasteiger partial charge in [0.2, 0.25) is 5.91 Å². The largest absolute Gasteiger partial charge is 0.385 e. The number of carbonyl (C=O) groups is 1. The third kappa shape index (κ3) is 5.50. The molecule has 2 saturated heterocycles. The molecule has 4 rings (SSSR count). The number of hydrogen-bond acceptors (Lipinski definition) is 5. The summed E-state index contributed by atoms with van der Waals surface area (Å²) in [5, 5.41) is 10.3. The summed E-state index contributed by atoms with van der Waals surface area (Å²) >= 11 is 6.44. The second kappa shape index (κ2) is 10.2. The van der Waals surface area contributed by atoms with E-state index in [-0.39, 0.29) is 11.8 Å². The Hall–Kier alpha value is -2.15. The van der Waals surface area contributed by atoms with Crippen LogP contribution in [0.25, 0.3) is 11.1 Å². The second-order valence-corrected chi connectivity index (χ2v) is 8.53.